The van der Waals surface area contributed by atoms with Crippen LogP contribution in [0.25, 0.3) is 16.7 Å². The van der Waals surface area contributed by atoms with Gasteiger partial charge in [0, 0.05) is 0 Å². The molecule has 3 aromatic heterocycles. The molecule has 0 bridgehead atoms. The van der Waals surface area contributed by atoms with E-state index in [-0.39, 0.29) is 17.4 Å². The third kappa shape index (κ3) is 3.45. The molecule has 3 heterocycles. The van der Waals surface area contributed by atoms with Crippen molar-refractivity contribution in [2.45, 2.75) is 32.6 Å². The maximum atomic E-state index is 12.9. The molecule has 1 aromatic carbocycles. The Morgan fingerprint density at radius 2 is 2.04 bits per heavy atom. The third-order valence-electron chi connectivity index (χ3n) is 4.40. The molecule has 0 aliphatic heterocycles. The number of benzene rings is 1. The van der Waals surface area contributed by atoms with Gasteiger partial charge in [0.05, 0.1) is 17.1 Å². The molecule has 0 saturated carbocycles. The van der Waals surface area contributed by atoms with Crippen molar-refractivity contribution < 1.29 is 4.52 Å². The van der Waals surface area contributed by atoms with Crippen LogP contribution in [0.4, 0.5) is 0 Å². The van der Waals surface area contributed by atoms with Crippen molar-refractivity contribution in [3.05, 3.63) is 64.4 Å². The van der Waals surface area contributed by atoms with Crippen LogP contribution in [0.3, 0.4) is 0 Å². The Bertz CT molecular complexity index is 1160. The first-order valence-corrected chi connectivity index (χ1v) is 10.1. The average Bonchev–Trinajstić information content (AvgIpc) is 3.32. The summed E-state index contributed by atoms with van der Waals surface area (Å²) >= 11 is 1.73. The number of hydrogen-bond acceptors (Lipinski definition) is 7. The van der Waals surface area contributed by atoms with Gasteiger partial charge in [-0.2, -0.15) is 21.8 Å². The molecule has 1 atom stereocenters. The van der Waals surface area contributed by atoms with E-state index in [1.807, 2.05) is 38.1 Å². The largest absolute Gasteiger partial charge is 0.337 e. The standard InChI is InChI=1S/C19H20N6O2S/c1-4-28-13(3)17-22-16(27-23-17)10-24-11-20-18-15(19(24)26)9-21-25(18)14-7-5-12(2)6-8-14/h5-9,11,13H,4,10H2,1-3H3. The highest BCUT2D eigenvalue weighted by Crippen LogP contribution is 2.25. The monoisotopic (exact) mass is 396 g/mol. The summed E-state index contributed by atoms with van der Waals surface area (Å²) in [5, 5.41) is 8.94. The minimum Gasteiger partial charge on any atom is -0.337 e. The first-order chi connectivity index (χ1) is 13.6. The van der Waals surface area contributed by atoms with Gasteiger partial charge in [-0.1, -0.05) is 29.8 Å². The zero-order valence-corrected chi connectivity index (χ0v) is 16.7. The molecule has 0 N–H and O–H groups in total. The topological polar surface area (TPSA) is 91.6 Å². The smallest absolute Gasteiger partial charge is 0.264 e. The van der Waals surface area contributed by atoms with Crippen molar-refractivity contribution >= 4 is 22.8 Å². The van der Waals surface area contributed by atoms with Crippen LogP contribution >= 0.6 is 11.8 Å². The summed E-state index contributed by atoms with van der Waals surface area (Å²) in [4.78, 5) is 21.7. The van der Waals surface area contributed by atoms with Crippen LogP contribution in [0.2, 0.25) is 0 Å². The lowest BCUT2D eigenvalue weighted by Crippen LogP contribution is -2.21. The average molecular weight is 396 g/mol. The van der Waals surface area contributed by atoms with E-state index >= 15 is 0 Å². The highest BCUT2D eigenvalue weighted by atomic mass is 32.2. The molecule has 8 nitrogen and oxygen atoms in total. The van der Waals surface area contributed by atoms with Crippen LogP contribution in [0.5, 0.6) is 0 Å². The summed E-state index contributed by atoms with van der Waals surface area (Å²) in [5.41, 5.74) is 2.33. The van der Waals surface area contributed by atoms with E-state index in [0.29, 0.717) is 22.7 Å². The van der Waals surface area contributed by atoms with Gasteiger partial charge < -0.3 is 4.52 Å². The summed E-state index contributed by atoms with van der Waals surface area (Å²) in [7, 11) is 0. The fraction of sp³-hybridized carbons (Fsp3) is 0.316. The van der Waals surface area contributed by atoms with Crippen LogP contribution < -0.4 is 5.56 Å². The minimum absolute atomic E-state index is 0.146. The summed E-state index contributed by atoms with van der Waals surface area (Å²) in [6, 6.07) is 7.89. The quantitative estimate of drug-likeness (QED) is 0.494. The summed E-state index contributed by atoms with van der Waals surface area (Å²) in [5.74, 6) is 1.99. The second-order valence-corrected chi connectivity index (χ2v) is 8.07. The fourth-order valence-electron chi connectivity index (χ4n) is 2.90. The van der Waals surface area contributed by atoms with Gasteiger partial charge in [0.2, 0.25) is 5.89 Å². The fourth-order valence-corrected chi connectivity index (χ4v) is 3.65. The van der Waals surface area contributed by atoms with Crippen molar-refractivity contribution in [3.8, 4) is 5.69 Å². The molecule has 1 unspecified atom stereocenters. The number of hydrogen-bond donors (Lipinski definition) is 0. The lowest BCUT2D eigenvalue weighted by molar-refractivity contribution is 0.364. The van der Waals surface area contributed by atoms with Crippen molar-refractivity contribution in [2.24, 2.45) is 0 Å². The first-order valence-electron chi connectivity index (χ1n) is 9.01. The number of aromatic nitrogens is 6. The number of nitrogens with zero attached hydrogens (tertiary/aromatic N) is 6. The maximum absolute atomic E-state index is 12.9. The summed E-state index contributed by atoms with van der Waals surface area (Å²) in [6.07, 6.45) is 3.03. The lowest BCUT2D eigenvalue weighted by atomic mass is 10.2. The van der Waals surface area contributed by atoms with E-state index in [0.717, 1.165) is 17.0 Å². The minimum atomic E-state index is -0.195. The molecule has 0 saturated heterocycles. The Kier molecular flexibility index (Phi) is 4.99. The van der Waals surface area contributed by atoms with Gasteiger partial charge in [-0.3, -0.25) is 9.36 Å². The lowest BCUT2D eigenvalue weighted by Gasteiger charge is -2.05. The molecule has 0 aliphatic carbocycles. The Hall–Kier alpha value is -2.94. The van der Waals surface area contributed by atoms with Gasteiger partial charge in [-0.05, 0) is 31.7 Å². The highest BCUT2D eigenvalue weighted by Gasteiger charge is 2.16. The Labute approximate surface area is 165 Å². The van der Waals surface area contributed by atoms with Gasteiger partial charge in [-0.15, -0.1) is 0 Å². The summed E-state index contributed by atoms with van der Waals surface area (Å²) < 4.78 is 8.42. The third-order valence-corrected chi connectivity index (χ3v) is 5.45. The predicted octanol–water partition coefficient (Wildman–Crippen LogP) is 3.14. The SMILES string of the molecule is CCSC(C)c1noc(Cn2cnc3c(cnn3-c3ccc(C)cc3)c2=O)n1. The van der Waals surface area contributed by atoms with Gasteiger partial charge in [0.15, 0.2) is 11.5 Å². The molecule has 4 rings (SSSR count). The molecular weight excluding hydrogens is 376 g/mol. The van der Waals surface area contributed by atoms with E-state index in [9.17, 15) is 4.79 Å². The molecule has 0 fully saturated rings. The number of fused-ring (bicyclic) bond motifs is 1. The molecule has 0 radical (unpaired) electrons. The van der Waals surface area contributed by atoms with Gasteiger partial charge in [-0.25, -0.2) is 9.67 Å². The number of aryl methyl sites for hydroxylation is 1. The van der Waals surface area contributed by atoms with Crippen molar-refractivity contribution in [2.75, 3.05) is 5.75 Å². The second kappa shape index (κ2) is 7.59. The molecule has 0 amide bonds. The zero-order valence-electron chi connectivity index (χ0n) is 15.9. The van der Waals surface area contributed by atoms with E-state index in [4.69, 9.17) is 4.52 Å². The van der Waals surface area contributed by atoms with Crippen molar-refractivity contribution in [1.82, 2.24) is 29.5 Å². The molecule has 28 heavy (non-hydrogen) atoms. The van der Waals surface area contributed by atoms with Crippen molar-refractivity contribution in [3.63, 3.8) is 0 Å². The van der Waals surface area contributed by atoms with Gasteiger partial charge >= 0.3 is 0 Å². The highest BCUT2D eigenvalue weighted by molar-refractivity contribution is 7.99. The summed E-state index contributed by atoms with van der Waals surface area (Å²) in [6.45, 7) is 6.31. The van der Waals surface area contributed by atoms with Gasteiger partial charge in [0.1, 0.15) is 18.3 Å². The zero-order chi connectivity index (χ0) is 19.7. The molecule has 0 aliphatic rings. The maximum Gasteiger partial charge on any atom is 0.264 e. The van der Waals surface area contributed by atoms with Crippen LogP contribution in [0.1, 0.15) is 36.4 Å². The van der Waals surface area contributed by atoms with Crippen LogP contribution in [-0.4, -0.2) is 35.2 Å². The Morgan fingerprint density at radius 3 is 2.79 bits per heavy atom. The van der Waals surface area contributed by atoms with E-state index in [1.54, 1.807) is 22.6 Å². The molecule has 9 heteroatoms. The van der Waals surface area contributed by atoms with Crippen LogP contribution in [0, 0.1) is 6.92 Å². The first kappa shape index (κ1) is 18.4. The predicted molar refractivity (Wildman–Crippen MR) is 108 cm³/mol. The molecule has 0 spiro atoms. The Balaban J connectivity index is 1.64. The van der Waals surface area contributed by atoms with Crippen molar-refractivity contribution in [1.29, 1.82) is 0 Å². The van der Waals surface area contributed by atoms with Crippen LogP contribution in [-0.2, 0) is 6.54 Å². The molecular formula is C19H20N6O2S. The number of rotatable bonds is 6. The van der Waals surface area contributed by atoms with E-state index < -0.39 is 0 Å². The van der Waals surface area contributed by atoms with Gasteiger partial charge in [0.25, 0.3) is 5.56 Å². The normalized spacial score (nSPS) is 12.5. The Morgan fingerprint density at radius 1 is 1.25 bits per heavy atom. The van der Waals surface area contributed by atoms with E-state index in [1.165, 1.54) is 10.9 Å². The van der Waals surface area contributed by atoms with Crippen LogP contribution in [0.15, 0.2) is 46.1 Å². The number of thioether (sulfide) groups is 1. The second-order valence-electron chi connectivity index (χ2n) is 6.45. The van der Waals surface area contributed by atoms with E-state index in [2.05, 4.69) is 27.1 Å². The molecule has 144 valence electrons. The molecule has 4 aromatic rings.